The zero-order chi connectivity index (χ0) is 13.1. The molecule has 0 unspecified atom stereocenters. The van der Waals surface area contributed by atoms with Crippen LogP contribution in [0.1, 0.15) is 35.8 Å². The quantitative estimate of drug-likeness (QED) is 0.493. The molecule has 0 saturated heterocycles. The molecule has 0 radical (unpaired) electrons. The zero-order valence-electron chi connectivity index (χ0n) is 10.6. The van der Waals surface area contributed by atoms with Crippen molar-refractivity contribution in [1.82, 2.24) is 9.99 Å². The fraction of sp³-hybridized carbons (Fsp3) is 0.214. The molecule has 18 heavy (non-hydrogen) atoms. The summed E-state index contributed by atoms with van der Waals surface area (Å²) in [6, 6.07) is 11.6. The average Bonchev–Trinajstić information content (AvgIpc) is 2.86. The van der Waals surface area contributed by atoms with E-state index in [4.69, 9.17) is 5.84 Å². The van der Waals surface area contributed by atoms with Gasteiger partial charge in [0.25, 0.3) is 5.91 Å². The van der Waals surface area contributed by atoms with E-state index >= 15 is 0 Å². The van der Waals surface area contributed by atoms with Crippen LogP contribution >= 0.6 is 0 Å². The number of hydrogen-bond acceptors (Lipinski definition) is 2. The van der Waals surface area contributed by atoms with Gasteiger partial charge in [-0.2, -0.15) is 0 Å². The Morgan fingerprint density at radius 1 is 1.22 bits per heavy atom. The molecule has 0 aliphatic carbocycles. The Hall–Kier alpha value is -2.07. The topological polar surface area (TPSA) is 60.0 Å². The Labute approximate surface area is 106 Å². The molecule has 2 rings (SSSR count). The highest BCUT2D eigenvalue weighted by Gasteiger charge is 2.14. The SMILES string of the molecule is CC(C)c1ccccc1-n1cccc1C(=O)NN. The van der Waals surface area contributed by atoms with E-state index in [1.165, 1.54) is 5.56 Å². The van der Waals surface area contributed by atoms with Crippen LogP contribution in [0.25, 0.3) is 5.69 Å². The van der Waals surface area contributed by atoms with Gasteiger partial charge >= 0.3 is 0 Å². The van der Waals surface area contributed by atoms with E-state index in [-0.39, 0.29) is 5.91 Å². The van der Waals surface area contributed by atoms with Gasteiger partial charge in [-0.1, -0.05) is 32.0 Å². The van der Waals surface area contributed by atoms with Crippen molar-refractivity contribution in [2.24, 2.45) is 5.84 Å². The zero-order valence-corrected chi connectivity index (χ0v) is 10.6. The van der Waals surface area contributed by atoms with Gasteiger partial charge in [0.1, 0.15) is 5.69 Å². The molecule has 4 nitrogen and oxygen atoms in total. The van der Waals surface area contributed by atoms with Crippen LogP contribution in [-0.2, 0) is 0 Å². The van der Waals surface area contributed by atoms with Crippen molar-refractivity contribution >= 4 is 5.91 Å². The van der Waals surface area contributed by atoms with Gasteiger partial charge in [0.2, 0.25) is 0 Å². The third-order valence-corrected chi connectivity index (χ3v) is 2.93. The number of nitrogens with one attached hydrogen (secondary N) is 1. The van der Waals surface area contributed by atoms with Gasteiger partial charge in [-0.15, -0.1) is 0 Å². The average molecular weight is 243 g/mol. The Balaban J connectivity index is 2.56. The maximum Gasteiger partial charge on any atom is 0.282 e. The van der Waals surface area contributed by atoms with Crippen molar-refractivity contribution in [3.05, 3.63) is 53.9 Å². The predicted octanol–water partition coefficient (Wildman–Crippen LogP) is 2.20. The second-order valence-electron chi connectivity index (χ2n) is 4.45. The Bertz CT molecular complexity index is 558. The van der Waals surface area contributed by atoms with Crippen molar-refractivity contribution in [1.29, 1.82) is 0 Å². The van der Waals surface area contributed by atoms with Crippen LogP contribution in [0.4, 0.5) is 0 Å². The Morgan fingerprint density at radius 3 is 2.61 bits per heavy atom. The Kier molecular flexibility index (Phi) is 3.48. The highest BCUT2D eigenvalue weighted by atomic mass is 16.2. The summed E-state index contributed by atoms with van der Waals surface area (Å²) >= 11 is 0. The van der Waals surface area contributed by atoms with Gasteiger partial charge in [-0.05, 0) is 29.7 Å². The molecule has 2 aromatic rings. The van der Waals surface area contributed by atoms with E-state index in [0.29, 0.717) is 11.6 Å². The van der Waals surface area contributed by atoms with E-state index in [1.54, 1.807) is 6.07 Å². The number of benzene rings is 1. The van der Waals surface area contributed by atoms with E-state index in [1.807, 2.05) is 35.0 Å². The lowest BCUT2D eigenvalue weighted by molar-refractivity contribution is 0.0947. The number of aromatic nitrogens is 1. The van der Waals surface area contributed by atoms with E-state index in [0.717, 1.165) is 5.69 Å². The van der Waals surface area contributed by atoms with Crippen LogP contribution in [-0.4, -0.2) is 10.5 Å². The molecule has 0 fully saturated rings. The molecular weight excluding hydrogens is 226 g/mol. The van der Waals surface area contributed by atoms with Gasteiger partial charge in [0.15, 0.2) is 0 Å². The molecule has 0 aliphatic rings. The summed E-state index contributed by atoms with van der Waals surface area (Å²) < 4.78 is 1.86. The maximum atomic E-state index is 11.7. The molecule has 4 heteroatoms. The number of carbonyl (C=O) groups is 1. The van der Waals surface area contributed by atoms with Crippen LogP contribution in [0.3, 0.4) is 0 Å². The number of carbonyl (C=O) groups excluding carboxylic acids is 1. The van der Waals surface area contributed by atoms with Crippen LogP contribution in [0.15, 0.2) is 42.6 Å². The molecule has 1 amide bonds. The van der Waals surface area contributed by atoms with Gasteiger partial charge in [0, 0.05) is 11.9 Å². The molecule has 0 atom stereocenters. The van der Waals surface area contributed by atoms with Crippen molar-refractivity contribution < 1.29 is 4.79 Å². The minimum atomic E-state index is -0.293. The summed E-state index contributed by atoms with van der Waals surface area (Å²) in [5.74, 6) is 5.29. The molecule has 0 aliphatic heterocycles. The summed E-state index contributed by atoms with van der Waals surface area (Å²) in [5, 5.41) is 0. The highest BCUT2D eigenvalue weighted by molar-refractivity contribution is 5.93. The van der Waals surface area contributed by atoms with Crippen LogP contribution < -0.4 is 11.3 Å². The van der Waals surface area contributed by atoms with Crippen molar-refractivity contribution in [3.63, 3.8) is 0 Å². The molecule has 3 N–H and O–H groups in total. The number of para-hydroxylation sites is 1. The second-order valence-corrected chi connectivity index (χ2v) is 4.45. The fourth-order valence-corrected chi connectivity index (χ4v) is 2.05. The van der Waals surface area contributed by atoms with Crippen molar-refractivity contribution in [3.8, 4) is 5.69 Å². The van der Waals surface area contributed by atoms with Crippen LogP contribution in [0.5, 0.6) is 0 Å². The summed E-state index contributed by atoms with van der Waals surface area (Å²) in [6.07, 6.45) is 1.87. The van der Waals surface area contributed by atoms with Gasteiger partial charge < -0.3 is 4.57 Å². The van der Waals surface area contributed by atoms with E-state index < -0.39 is 0 Å². The first-order valence-electron chi connectivity index (χ1n) is 5.92. The van der Waals surface area contributed by atoms with E-state index in [2.05, 4.69) is 25.3 Å². The fourth-order valence-electron chi connectivity index (χ4n) is 2.05. The summed E-state index contributed by atoms with van der Waals surface area (Å²) in [6.45, 7) is 4.26. The summed E-state index contributed by atoms with van der Waals surface area (Å²) in [7, 11) is 0. The summed E-state index contributed by atoms with van der Waals surface area (Å²) in [5.41, 5.74) is 4.90. The molecular formula is C14H17N3O. The molecule has 94 valence electrons. The Morgan fingerprint density at radius 2 is 1.94 bits per heavy atom. The molecule has 0 bridgehead atoms. The number of amides is 1. The molecule has 0 spiro atoms. The molecule has 1 aromatic heterocycles. The molecule has 0 saturated carbocycles. The van der Waals surface area contributed by atoms with Gasteiger partial charge in [0.05, 0.1) is 0 Å². The lowest BCUT2D eigenvalue weighted by Gasteiger charge is -2.15. The van der Waals surface area contributed by atoms with Crippen LogP contribution in [0, 0.1) is 0 Å². The number of nitrogens with zero attached hydrogens (tertiary/aromatic N) is 1. The number of hydrazine groups is 1. The number of hydrogen-bond donors (Lipinski definition) is 2. The third kappa shape index (κ3) is 2.15. The number of rotatable bonds is 3. The lowest BCUT2D eigenvalue weighted by Crippen LogP contribution is -2.31. The molecule has 1 heterocycles. The van der Waals surface area contributed by atoms with Gasteiger partial charge in [-0.3, -0.25) is 10.2 Å². The predicted molar refractivity (Wildman–Crippen MR) is 71.5 cm³/mol. The maximum absolute atomic E-state index is 11.7. The largest absolute Gasteiger partial charge is 0.312 e. The standard InChI is InChI=1S/C14H17N3O/c1-10(2)11-6-3-4-7-12(11)17-9-5-8-13(17)14(18)16-15/h3-10H,15H2,1-2H3,(H,16,18). The normalized spacial score (nSPS) is 10.7. The number of nitrogens with two attached hydrogens (primary N) is 1. The van der Waals surface area contributed by atoms with Gasteiger partial charge in [-0.25, -0.2) is 5.84 Å². The first-order valence-corrected chi connectivity index (χ1v) is 5.92. The number of nitrogen functional groups attached to an aromatic ring is 1. The lowest BCUT2D eigenvalue weighted by atomic mass is 10.0. The second kappa shape index (κ2) is 5.06. The van der Waals surface area contributed by atoms with E-state index in [9.17, 15) is 4.79 Å². The summed E-state index contributed by atoms with van der Waals surface area (Å²) in [4.78, 5) is 11.7. The first kappa shape index (κ1) is 12.4. The minimum absolute atomic E-state index is 0.293. The van der Waals surface area contributed by atoms with Crippen molar-refractivity contribution in [2.45, 2.75) is 19.8 Å². The van der Waals surface area contributed by atoms with Crippen LogP contribution in [0.2, 0.25) is 0 Å². The minimum Gasteiger partial charge on any atom is -0.312 e. The van der Waals surface area contributed by atoms with Crippen molar-refractivity contribution in [2.75, 3.05) is 0 Å². The first-order chi connectivity index (χ1) is 8.65. The third-order valence-electron chi connectivity index (χ3n) is 2.93. The smallest absolute Gasteiger partial charge is 0.282 e. The molecule has 1 aromatic carbocycles. The highest BCUT2D eigenvalue weighted by Crippen LogP contribution is 2.24. The monoisotopic (exact) mass is 243 g/mol.